The smallest absolute Gasteiger partial charge is 0.237 e. The minimum atomic E-state index is -0.397. The molecule has 5 heteroatoms. The fraction of sp³-hybridized carbons (Fsp3) is 0.400. The second kappa shape index (κ2) is 5.91. The van der Waals surface area contributed by atoms with Gasteiger partial charge in [0.1, 0.15) is 0 Å². The summed E-state index contributed by atoms with van der Waals surface area (Å²) in [6.07, 6.45) is 0.949. The Bertz CT molecular complexity index is 611. The molecule has 1 aromatic carbocycles. The van der Waals surface area contributed by atoms with E-state index in [1.807, 2.05) is 12.1 Å². The number of aliphatic hydroxyl groups is 1. The van der Waals surface area contributed by atoms with Crippen molar-refractivity contribution in [3.8, 4) is 0 Å². The second-order valence-electron chi connectivity index (χ2n) is 5.15. The Hall–Kier alpha value is -1.43. The van der Waals surface area contributed by atoms with E-state index in [1.54, 1.807) is 11.3 Å². The average molecular weight is 290 g/mol. The number of fused-ring (bicyclic) bond motifs is 1. The second-order valence-corrected chi connectivity index (χ2v) is 6.06. The highest BCUT2D eigenvalue weighted by molar-refractivity contribution is 7.17. The van der Waals surface area contributed by atoms with Crippen LogP contribution in [0.15, 0.2) is 29.6 Å². The van der Waals surface area contributed by atoms with Gasteiger partial charge in [-0.15, -0.1) is 11.3 Å². The van der Waals surface area contributed by atoms with Gasteiger partial charge in [-0.3, -0.25) is 4.79 Å². The summed E-state index contributed by atoms with van der Waals surface area (Å²) in [5.41, 5.74) is 1.28. The predicted molar refractivity (Wildman–Crippen MR) is 81.0 cm³/mol. The molecule has 1 amide bonds. The Morgan fingerprint density at radius 3 is 3.10 bits per heavy atom. The molecule has 20 heavy (non-hydrogen) atoms. The highest BCUT2D eigenvalue weighted by Crippen LogP contribution is 2.25. The SMILES string of the molecule is O=C(NCCc1csc2ccccc12)[C@H]1C[C@@H](O)CN1. The molecule has 1 aliphatic rings. The Morgan fingerprint density at radius 2 is 2.30 bits per heavy atom. The largest absolute Gasteiger partial charge is 0.392 e. The fourth-order valence-corrected chi connectivity index (χ4v) is 3.58. The standard InChI is InChI=1S/C15H18N2O2S/c18-11-7-13(17-8-11)15(19)16-6-5-10-9-20-14-4-2-1-3-12(10)14/h1-4,9,11,13,17-18H,5-8H2,(H,16,19)/t11-,13-/m1/s1. The van der Waals surface area contributed by atoms with Gasteiger partial charge in [-0.2, -0.15) is 0 Å². The first-order chi connectivity index (χ1) is 9.74. The van der Waals surface area contributed by atoms with E-state index in [9.17, 15) is 9.90 Å². The molecule has 1 aromatic heterocycles. The Morgan fingerprint density at radius 1 is 1.45 bits per heavy atom. The van der Waals surface area contributed by atoms with Crippen LogP contribution in [0.25, 0.3) is 10.1 Å². The zero-order chi connectivity index (χ0) is 13.9. The first-order valence-electron chi connectivity index (χ1n) is 6.88. The van der Waals surface area contributed by atoms with E-state index < -0.39 is 6.10 Å². The van der Waals surface area contributed by atoms with Gasteiger partial charge in [-0.1, -0.05) is 18.2 Å². The first-order valence-corrected chi connectivity index (χ1v) is 7.76. The maximum absolute atomic E-state index is 11.9. The van der Waals surface area contributed by atoms with E-state index in [0.717, 1.165) is 6.42 Å². The van der Waals surface area contributed by atoms with E-state index in [1.165, 1.54) is 15.6 Å². The molecule has 1 saturated heterocycles. The van der Waals surface area contributed by atoms with E-state index in [4.69, 9.17) is 0 Å². The van der Waals surface area contributed by atoms with Crippen LogP contribution in [0.5, 0.6) is 0 Å². The third-order valence-electron chi connectivity index (χ3n) is 3.68. The van der Waals surface area contributed by atoms with Gasteiger partial charge in [0, 0.05) is 17.8 Å². The van der Waals surface area contributed by atoms with Crippen LogP contribution in [0.2, 0.25) is 0 Å². The van der Waals surface area contributed by atoms with Crippen molar-refractivity contribution in [1.82, 2.24) is 10.6 Å². The van der Waals surface area contributed by atoms with Crippen molar-refractivity contribution in [3.05, 3.63) is 35.2 Å². The van der Waals surface area contributed by atoms with Crippen LogP contribution in [-0.2, 0) is 11.2 Å². The third kappa shape index (κ3) is 2.85. The van der Waals surface area contributed by atoms with Crippen molar-refractivity contribution in [1.29, 1.82) is 0 Å². The number of rotatable bonds is 4. The Kier molecular flexibility index (Phi) is 4.00. The number of benzene rings is 1. The highest BCUT2D eigenvalue weighted by Gasteiger charge is 2.27. The van der Waals surface area contributed by atoms with Crippen LogP contribution < -0.4 is 10.6 Å². The minimum absolute atomic E-state index is 0.0129. The van der Waals surface area contributed by atoms with E-state index in [-0.39, 0.29) is 11.9 Å². The molecule has 4 nitrogen and oxygen atoms in total. The lowest BCUT2D eigenvalue weighted by Crippen LogP contribution is -2.41. The summed E-state index contributed by atoms with van der Waals surface area (Å²) in [5, 5.41) is 18.8. The maximum Gasteiger partial charge on any atom is 0.237 e. The summed E-state index contributed by atoms with van der Waals surface area (Å²) < 4.78 is 1.29. The molecule has 0 spiro atoms. The number of hydrogen-bond donors (Lipinski definition) is 3. The van der Waals surface area contributed by atoms with Gasteiger partial charge in [0.15, 0.2) is 0 Å². The third-order valence-corrected chi connectivity index (χ3v) is 4.69. The highest BCUT2D eigenvalue weighted by atomic mass is 32.1. The predicted octanol–water partition coefficient (Wildman–Crippen LogP) is 1.28. The molecule has 3 N–H and O–H groups in total. The maximum atomic E-state index is 11.9. The molecule has 1 fully saturated rings. The van der Waals surface area contributed by atoms with E-state index in [0.29, 0.717) is 19.5 Å². The molecule has 0 radical (unpaired) electrons. The number of thiophene rings is 1. The van der Waals surface area contributed by atoms with Gasteiger partial charge in [-0.25, -0.2) is 0 Å². The van der Waals surface area contributed by atoms with E-state index >= 15 is 0 Å². The van der Waals surface area contributed by atoms with Crippen LogP contribution in [-0.4, -0.2) is 36.2 Å². The van der Waals surface area contributed by atoms with Crippen LogP contribution in [0.1, 0.15) is 12.0 Å². The van der Waals surface area contributed by atoms with Crippen molar-refractivity contribution in [2.75, 3.05) is 13.1 Å². The summed E-state index contributed by atoms with van der Waals surface area (Å²) in [4.78, 5) is 11.9. The number of aliphatic hydroxyl groups excluding tert-OH is 1. The average Bonchev–Trinajstić information content (AvgIpc) is 3.06. The molecule has 3 rings (SSSR count). The number of amides is 1. The summed E-state index contributed by atoms with van der Waals surface area (Å²) in [6, 6.07) is 8.08. The molecule has 0 unspecified atom stereocenters. The van der Waals surface area contributed by atoms with Crippen LogP contribution >= 0.6 is 11.3 Å². The van der Waals surface area contributed by atoms with Crippen molar-refractivity contribution < 1.29 is 9.90 Å². The molecule has 2 aromatic rings. The van der Waals surface area contributed by atoms with Crippen molar-refractivity contribution in [3.63, 3.8) is 0 Å². The number of nitrogens with one attached hydrogen (secondary N) is 2. The molecule has 0 aliphatic carbocycles. The number of carbonyl (C=O) groups is 1. The number of β-amino-alcohol motifs (C(OH)–C–C–N with tert-alkyl or cyclic N) is 1. The molecule has 2 heterocycles. The lowest BCUT2D eigenvalue weighted by molar-refractivity contribution is -0.122. The topological polar surface area (TPSA) is 61.4 Å². The van der Waals surface area contributed by atoms with Crippen LogP contribution in [0.3, 0.4) is 0 Å². The monoisotopic (exact) mass is 290 g/mol. The fourth-order valence-electron chi connectivity index (χ4n) is 2.59. The lowest BCUT2D eigenvalue weighted by Gasteiger charge is -2.10. The minimum Gasteiger partial charge on any atom is -0.392 e. The summed E-state index contributed by atoms with van der Waals surface area (Å²) in [6.45, 7) is 1.14. The molecular formula is C15H18N2O2S. The normalized spacial score (nSPS) is 22.2. The first kappa shape index (κ1) is 13.5. The molecule has 0 bridgehead atoms. The molecule has 1 aliphatic heterocycles. The Balaban J connectivity index is 1.54. The van der Waals surface area contributed by atoms with Crippen LogP contribution in [0.4, 0.5) is 0 Å². The number of carbonyl (C=O) groups excluding carboxylic acids is 1. The van der Waals surface area contributed by atoms with Gasteiger partial charge in [0.05, 0.1) is 12.1 Å². The molecular weight excluding hydrogens is 272 g/mol. The van der Waals surface area contributed by atoms with Gasteiger partial charge < -0.3 is 15.7 Å². The van der Waals surface area contributed by atoms with Gasteiger partial charge in [0.25, 0.3) is 0 Å². The van der Waals surface area contributed by atoms with E-state index in [2.05, 4.69) is 28.1 Å². The van der Waals surface area contributed by atoms with Crippen LogP contribution in [0, 0.1) is 0 Å². The van der Waals surface area contributed by atoms with Crippen molar-refractivity contribution in [2.45, 2.75) is 25.0 Å². The zero-order valence-corrected chi connectivity index (χ0v) is 12.0. The summed E-state index contributed by atoms with van der Waals surface area (Å²) >= 11 is 1.74. The quantitative estimate of drug-likeness (QED) is 0.795. The number of hydrogen-bond acceptors (Lipinski definition) is 4. The summed E-state index contributed by atoms with van der Waals surface area (Å²) in [5.74, 6) is -0.0129. The summed E-state index contributed by atoms with van der Waals surface area (Å²) in [7, 11) is 0. The van der Waals surface area contributed by atoms with Gasteiger partial charge in [0.2, 0.25) is 5.91 Å². The zero-order valence-electron chi connectivity index (χ0n) is 11.1. The lowest BCUT2D eigenvalue weighted by atomic mass is 10.1. The molecule has 106 valence electrons. The van der Waals surface area contributed by atoms with Gasteiger partial charge in [-0.05, 0) is 35.2 Å². The molecule has 2 atom stereocenters. The van der Waals surface area contributed by atoms with Crippen molar-refractivity contribution >= 4 is 27.3 Å². The van der Waals surface area contributed by atoms with Gasteiger partial charge >= 0.3 is 0 Å². The Labute approximate surface area is 121 Å². The van der Waals surface area contributed by atoms with Crippen molar-refractivity contribution in [2.24, 2.45) is 0 Å². The molecule has 0 saturated carbocycles.